The average Bonchev–Trinajstić information content (AvgIpc) is 3.25. The fourth-order valence-electron chi connectivity index (χ4n) is 2.96. The van der Waals surface area contributed by atoms with Crippen molar-refractivity contribution in [2.45, 2.75) is 18.8 Å². The van der Waals surface area contributed by atoms with Gasteiger partial charge in [-0.05, 0) is 31.0 Å². The number of likely N-dealkylation sites (tertiary alicyclic amines) is 1. The molecule has 22 heavy (non-hydrogen) atoms. The van der Waals surface area contributed by atoms with Crippen molar-refractivity contribution in [2.24, 2.45) is 0 Å². The number of nitrogens with one attached hydrogen (secondary N) is 1. The van der Waals surface area contributed by atoms with E-state index in [-0.39, 0.29) is 5.91 Å². The zero-order chi connectivity index (χ0) is 14.9. The maximum Gasteiger partial charge on any atom is 0.253 e. The molecule has 6 nitrogen and oxygen atoms in total. The molecule has 3 heterocycles. The van der Waals surface area contributed by atoms with Crippen molar-refractivity contribution in [3.05, 3.63) is 40.3 Å². The van der Waals surface area contributed by atoms with Gasteiger partial charge in [0.15, 0.2) is 0 Å². The first-order valence-electron chi connectivity index (χ1n) is 7.30. The van der Waals surface area contributed by atoms with E-state index in [2.05, 4.69) is 20.4 Å². The summed E-state index contributed by atoms with van der Waals surface area (Å²) in [6, 6.07) is 5.45. The fraction of sp³-hybridized carbons (Fsp3) is 0.333. The Hall–Kier alpha value is -2.28. The van der Waals surface area contributed by atoms with Crippen LogP contribution in [0.5, 0.6) is 0 Å². The number of fused-ring (bicyclic) bond motifs is 1. The van der Waals surface area contributed by atoms with Crippen LogP contribution >= 0.6 is 11.3 Å². The largest absolute Gasteiger partial charge is 0.338 e. The van der Waals surface area contributed by atoms with Crippen LogP contribution in [0.4, 0.5) is 0 Å². The first-order chi connectivity index (χ1) is 10.8. The molecule has 1 aliphatic heterocycles. The van der Waals surface area contributed by atoms with E-state index in [4.69, 9.17) is 0 Å². The van der Waals surface area contributed by atoms with Crippen molar-refractivity contribution in [1.82, 2.24) is 25.3 Å². The third-order valence-corrected chi connectivity index (χ3v) is 5.01. The van der Waals surface area contributed by atoms with E-state index in [1.165, 1.54) is 0 Å². The summed E-state index contributed by atoms with van der Waals surface area (Å²) >= 11 is 1.67. The first kappa shape index (κ1) is 13.4. The predicted molar refractivity (Wildman–Crippen MR) is 83.9 cm³/mol. The third-order valence-electron chi connectivity index (χ3n) is 4.07. The van der Waals surface area contributed by atoms with Crippen molar-refractivity contribution >= 4 is 28.3 Å². The molecule has 1 aliphatic rings. The molecule has 1 saturated heterocycles. The first-order valence-corrected chi connectivity index (χ1v) is 8.18. The number of carbonyl (C=O) groups is 1. The van der Waals surface area contributed by atoms with Gasteiger partial charge in [0.2, 0.25) is 0 Å². The van der Waals surface area contributed by atoms with E-state index in [9.17, 15) is 4.79 Å². The van der Waals surface area contributed by atoms with E-state index >= 15 is 0 Å². The molecule has 1 aromatic carbocycles. The van der Waals surface area contributed by atoms with Gasteiger partial charge in [0.1, 0.15) is 11.0 Å². The Morgan fingerprint density at radius 3 is 3.09 bits per heavy atom. The second kappa shape index (κ2) is 5.49. The van der Waals surface area contributed by atoms with Gasteiger partial charge in [-0.25, -0.2) is 4.98 Å². The molecule has 0 bridgehead atoms. The summed E-state index contributed by atoms with van der Waals surface area (Å²) < 4.78 is 0. The minimum absolute atomic E-state index is 0.0613. The number of aromatic amines is 1. The van der Waals surface area contributed by atoms with E-state index in [0.717, 1.165) is 42.0 Å². The van der Waals surface area contributed by atoms with Gasteiger partial charge in [0.05, 0.1) is 5.01 Å². The van der Waals surface area contributed by atoms with Gasteiger partial charge >= 0.3 is 0 Å². The normalized spacial score (nSPS) is 18.7. The number of hydrogen-bond acceptors (Lipinski definition) is 5. The lowest BCUT2D eigenvalue weighted by molar-refractivity contribution is 0.0707. The van der Waals surface area contributed by atoms with Gasteiger partial charge in [0, 0.05) is 36.1 Å². The van der Waals surface area contributed by atoms with Crippen LogP contribution in [0.2, 0.25) is 0 Å². The molecule has 0 aliphatic carbocycles. The number of aromatic nitrogens is 4. The van der Waals surface area contributed by atoms with Crippen LogP contribution in [0.15, 0.2) is 29.8 Å². The molecule has 0 radical (unpaired) electrons. The van der Waals surface area contributed by atoms with Crippen LogP contribution < -0.4 is 0 Å². The van der Waals surface area contributed by atoms with Crippen LogP contribution in [0.1, 0.15) is 34.1 Å². The molecule has 0 saturated carbocycles. The van der Waals surface area contributed by atoms with Crippen molar-refractivity contribution in [2.75, 3.05) is 13.1 Å². The topological polar surface area (TPSA) is 74.8 Å². The van der Waals surface area contributed by atoms with Gasteiger partial charge < -0.3 is 4.90 Å². The summed E-state index contributed by atoms with van der Waals surface area (Å²) in [4.78, 5) is 19.1. The molecular weight excluding hydrogens is 298 g/mol. The number of rotatable bonds is 2. The molecule has 1 N–H and O–H groups in total. The number of H-pyrrole nitrogens is 1. The van der Waals surface area contributed by atoms with Gasteiger partial charge in [-0.15, -0.1) is 11.3 Å². The number of amides is 1. The molecule has 4 rings (SSSR count). The summed E-state index contributed by atoms with van der Waals surface area (Å²) in [6.45, 7) is 1.54. The molecular formula is C15H15N5OS. The molecule has 2 aromatic heterocycles. The molecule has 112 valence electrons. The Morgan fingerprint density at radius 2 is 2.23 bits per heavy atom. The lowest BCUT2D eigenvalue weighted by Crippen LogP contribution is -2.39. The van der Waals surface area contributed by atoms with Crippen molar-refractivity contribution in [3.8, 4) is 0 Å². The SMILES string of the molecule is O=C(c1ccc2n[nH]nc2c1)N1CCCC(c2nccs2)C1. The van der Waals surface area contributed by atoms with Gasteiger partial charge in [-0.3, -0.25) is 4.79 Å². The molecule has 1 amide bonds. The smallest absolute Gasteiger partial charge is 0.253 e. The second-order valence-electron chi connectivity index (χ2n) is 5.49. The number of nitrogens with zero attached hydrogens (tertiary/aromatic N) is 4. The number of benzene rings is 1. The summed E-state index contributed by atoms with van der Waals surface area (Å²) in [7, 11) is 0. The van der Waals surface area contributed by atoms with E-state index in [1.54, 1.807) is 17.4 Å². The fourth-order valence-corrected chi connectivity index (χ4v) is 3.72. The van der Waals surface area contributed by atoms with Crippen LogP contribution in [-0.4, -0.2) is 44.3 Å². The van der Waals surface area contributed by atoms with E-state index < -0.39 is 0 Å². The highest BCUT2D eigenvalue weighted by molar-refractivity contribution is 7.09. The number of thiazole rings is 1. The zero-order valence-corrected chi connectivity index (χ0v) is 12.7. The van der Waals surface area contributed by atoms with Crippen LogP contribution in [0, 0.1) is 0 Å². The van der Waals surface area contributed by atoms with E-state index in [1.807, 2.05) is 28.6 Å². The zero-order valence-electron chi connectivity index (χ0n) is 11.9. The van der Waals surface area contributed by atoms with Crippen LogP contribution in [-0.2, 0) is 0 Å². The highest BCUT2D eigenvalue weighted by Crippen LogP contribution is 2.29. The molecule has 1 unspecified atom stereocenters. The minimum atomic E-state index is 0.0613. The quantitative estimate of drug-likeness (QED) is 0.788. The number of piperidine rings is 1. The molecule has 0 spiro atoms. The Kier molecular flexibility index (Phi) is 3.34. The van der Waals surface area contributed by atoms with Crippen molar-refractivity contribution in [1.29, 1.82) is 0 Å². The third kappa shape index (κ3) is 2.37. The predicted octanol–water partition coefficient (Wildman–Crippen LogP) is 2.43. The Bertz CT molecular complexity index is 797. The van der Waals surface area contributed by atoms with Crippen molar-refractivity contribution < 1.29 is 4.79 Å². The maximum absolute atomic E-state index is 12.7. The Labute approximate surface area is 131 Å². The standard InChI is InChI=1S/C15H15N5OS/c21-15(10-3-4-12-13(8-10)18-19-17-12)20-6-1-2-11(9-20)14-16-5-7-22-14/h3-5,7-8,11H,1-2,6,9H2,(H,17,18,19). The van der Waals surface area contributed by atoms with Crippen molar-refractivity contribution in [3.63, 3.8) is 0 Å². The Balaban J connectivity index is 1.56. The van der Waals surface area contributed by atoms with Crippen LogP contribution in [0.25, 0.3) is 11.0 Å². The lowest BCUT2D eigenvalue weighted by atomic mass is 9.98. The monoisotopic (exact) mass is 313 g/mol. The average molecular weight is 313 g/mol. The maximum atomic E-state index is 12.7. The van der Waals surface area contributed by atoms with Gasteiger partial charge in [-0.1, -0.05) is 0 Å². The van der Waals surface area contributed by atoms with Gasteiger partial charge in [0.25, 0.3) is 5.91 Å². The summed E-state index contributed by atoms with van der Waals surface area (Å²) in [6.07, 6.45) is 3.95. The lowest BCUT2D eigenvalue weighted by Gasteiger charge is -2.31. The number of carbonyl (C=O) groups excluding carboxylic acids is 1. The minimum Gasteiger partial charge on any atom is -0.338 e. The number of hydrogen-bond donors (Lipinski definition) is 1. The van der Waals surface area contributed by atoms with Crippen LogP contribution in [0.3, 0.4) is 0 Å². The summed E-state index contributed by atoms with van der Waals surface area (Å²) in [5.74, 6) is 0.416. The second-order valence-corrected chi connectivity index (χ2v) is 6.41. The summed E-state index contributed by atoms with van der Waals surface area (Å²) in [5.41, 5.74) is 2.16. The van der Waals surface area contributed by atoms with E-state index in [0.29, 0.717) is 11.5 Å². The molecule has 1 fully saturated rings. The summed E-state index contributed by atoms with van der Waals surface area (Å²) in [5, 5.41) is 13.8. The Morgan fingerprint density at radius 1 is 1.32 bits per heavy atom. The molecule has 1 atom stereocenters. The molecule has 3 aromatic rings. The highest BCUT2D eigenvalue weighted by atomic mass is 32.1. The highest BCUT2D eigenvalue weighted by Gasteiger charge is 2.27. The molecule has 7 heteroatoms. The van der Waals surface area contributed by atoms with Gasteiger partial charge in [-0.2, -0.15) is 15.4 Å².